The average molecular weight is 211 g/mol. The fourth-order valence-electron chi connectivity index (χ4n) is 1.24. The van der Waals surface area contributed by atoms with E-state index < -0.39 is 5.82 Å². The lowest BCUT2D eigenvalue weighted by atomic mass is 10.2. The smallest absolute Gasteiger partial charge is 0.211 e. The summed E-state index contributed by atoms with van der Waals surface area (Å²) in [6.07, 6.45) is 0.474. The molecule has 1 aromatic carbocycles. The van der Waals surface area contributed by atoms with Crippen molar-refractivity contribution >= 4 is 12.1 Å². The minimum atomic E-state index is -0.420. The molecular formula is C10H10FNO3. The van der Waals surface area contributed by atoms with Crippen LogP contribution in [-0.4, -0.2) is 25.7 Å². The van der Waals surface area contributed by atoms with Crippen LogP contribution in [0.1, 0.15) is 0 Å². The van der Waals surface area contributed by atoms with Gasteiger partial charge in [-0.15, -0.1) is 0 Å². The predicted octanol–water partition coefficient (Wildman–Crippen LogP) is 1.17. The SMILES string of the molecule is O=CNc1cc(F)ccc1OC1COC1. The van der Waals surface area contributed by atoms with E-state index in [0.717, 1.165) is 0 Å². The number of carbonyl (C=O) groups excluding carboxylic acids is 1. The Bertz CT molecular complexity index is 366. The number of anilines is 1. The van der Waals surface area contributed by atoms with Crippen molar-refractivity contribution in [3.8, 4) is 5.75 Å². The van der Waals surface area contributed by atoms with Crippen LogP contribution in [0.15, 0.2) is 18.2 Å². The second-order valence-corrected chi connectivity index (χ2v) is 3.18. The quantitative estimate of drug-likeness (QED) is 0.760. The van der Waals surface area contributed by atoms with Crippen molar-refractivity contribution in [3.05, 3.63) is 24.0 Å². The first-order valence-electron chi connectivity index (χ1n) is 4.54. The molecular weight excluding hydrogens is 201 g/mol. The molecule has 80 valence electrons. The summed E-state index contributed by atoms with van der Waals surface area (Å²) in [5.41, 5.74) is 0.330. The van der Waals surface area contributed by atoms with E-state index in [1.165, 1.54) is 18.2 Å². The minimum absolute atomic E-state index is 0.0114. The lowest BCUT2D eigenvalue weighted by Crippen LogP contribution is -2.38. The molecule has 0 spiro atoms. The molecule has 5 heteroatoms. The van der Waals surface area contributed by atoms with Crippen LogP contribution >= 0.6 is 0 Å². The van der Waals surface area contributed by atoms with Crippen LogP contribution < -0.4 is 10.1 Å². The van der Waals surface area contributed by atoms with Crippen molar-refractivity contribution < 1.29 is 18.7 Å². The van der Waals surface area contributed by atoms with Gasteiger partial charge < -0.3 is 14.8 Å². The van der Waals surface area contributed by atoms with Gasteiger partial charge in [0.25, 0.3) is 0 Å². The highest BCUT2D eigenvalue weighted by molar-refractivity contribution is 5.75. The fraction of sp³-hybridized carbons (Fsp3) is 0.300. The van der Waals surface area contributed by atoms with Crippen LogP contribution in [0.2, 0.25) is 0 Å². The summed E-state index contributed by atoms with van der Waals surface area (Å²) in [6, 6.07) is 3.98. The van der Waals surface area contributed by atoms with Gasteiger partial charge in [-0.1, -0.05) is 0 Å². The Morgan fingerprint density at radius 3 is 2.93 bits per heavy atom. The maximum absolute atomic E-state index is 12.9. The number of carbonyl (C=O) groups is 1. The van der Waals surface area contributed by atoms with E-state index in [-0.39, 0.29) is 6.10 Å². The molecule has 4 nitrogen and oxygen atoms in total. The molecule has 1 fully saturated rings. The number of rotatable bonds is 4. The summed E-state index contributed by atoms with van der Waals surface area (Å²) in [6.45, 7) is 1.05. The first kappa shape index (κ1) is 9.92. The van der Waals surface area contributed by atoms with E-state index >= 15 is 0 Å². The van der Waals surface area contributed by atoms with Crippen molar-refractivity contribution in [1.29, 1.82) is 0 Å². The van der Waals surface area contributed by atoms with Gasteiger partial charge in [-0.25, -0.2) is 4.39 Å². The zero-order chi connectivity index (χ0) is 10.7. The molecule has 0 atom stereocenters. The normalized spacial score (nSPS) is 15.5. The Hall–Kier alpha value is -1.62. The van der Waals surface area contributed by atoms with E-state index in [4.69, 9.17) is 9.47 Å². The van der Waals surface area contributed by atoms with Crippen LogP contribution in [0.4, 0.5) is 10.1 Å². The molecule has 0 aliphatic carbocycles. The topological polar surface area (TPSA) is 47.6 Å². The highest BCUT2D eigenvalue weighted by Crippen LogP contribution is 2.27. The third kappa shape index (κ3) is 2.24. The van der Waals surface area contributed by atoms with E-state index in [1.807, 2.05) is 0 Å². The third-order valence-electron chi connectivity index (χ3n) is 2.06. The fourth-order valence-corrected chi connectivity index (χ4v) is 1.24. The maximum atomic E-state index is 12.9. The molecule has 0 bridgehead atoms. The number of halogens is 1. The number of amides is 1. The van der Waals surface area contributed by atoms with Crippen molar-refractivity contribution in [3.63, 3.8) is 0 Å². The number of hydrogen-bond donors (Lipinski definition) is 1. The van der Waals surface area contributed by atoms with Gasteiger partial charge in [0.15, 0.2) is 0 Å². The monoisotopic (exact) mass is 211 g/mol. The molecule has 0 radical (unpaired) electrons. The second-order valence-electron chi connectivity index (χ2n) is 3.18. The number of nitrogens with one attached hydrogen (secondary N) is 1. The van der Waals surface area contributed by atoms with Gasteiger partial charge in [-0.05, 0) is 12.1 Å². The van der Waals surface area contributed by atoms with Gasteiger partial charge in [-0.2, -0.15) is 0 Å². The number of ether oxygens (including phenoxy) is 2. The molecule has 1 aliphatic rings. The summed E-state index contributed by atoms with van der Waals surface area (Å²) in [4.78, 5) is 10.3. The third-order valence-corrected chi connectivity index (χ3v) is 2.06. The van der Waals surface area contributed by atoms with Crippen LogP contribution in [0.3, 0.4) is 0 Å². The standard InChI is InChI=1S/C10H10FNO3/c11-7-1-2-10(9(3-7)12-6-13)15-8-4-14-5-8/h1-3,6,8H,4-5H2,(H,12,13). The molecule has 1 aromatic rings. The molecule has 1 heterocycles. The lowest BCUT2D eigenvalue weighted by molar-refractivity contribution is -0.105. The maximum Gasteiger partial charge on any atom is 0.211 e. The van der Waals surface area contributed by atoms with Crippen LogP contribution in [0.25, 0.3) is 0 Å². The van der Waals surface area contributed by atoms with E-state index in [2.05, 4.69) is 5.32 Å². The zero-order valence-electron chi connectivity index (χ0n) is 7.90. The van der Waals surface area contributed by atoms with Crippen LogP contribution in [-0.2, 0) is 9.53 Å². The molecule has 0 saturated carbocycles. The molecule has 15 heavy (non-hydrogen) atoms. The average Bonchev–Trinajstić information content (AvgIpc) is 2.14. The molecule has 1 saturated heterocycles. The summed E-state index contributed by atoms with van der Waals surface area (Å²) >= 11 is 0. The van der Waals surface area contributed by atoms with Gasteiger partial charge >= 0.3 is 0 Å². The highest BCUT2D eigenvalue weighted by atomic mass is 19.1. The van der Waals surface area contributed by atoms with E-state index in [1.54, 1.807) is 0 Å². The molecule has 0 aromatic heterocycles. The second kappa shape index (κ2) is 4.27. The summed E-state index contributed by atoms with van der Waals surface area (Å²) in [5.74, 6) is 0.0355. The van der Waals surface area contributed by atoms with Gasteiger partial charge in [0.2, 0.25) is 6.41 Å². The molecule has 1 aliphatic heterocycles. The van der Waals surface area contributed by atoms with Gasteiger partial charge in [-0.3, -0.25) is 4.79 Å². The Morgan fingerprint density at radius 2 is 2.33 bits per heavy atom. The van der Waals surface area contributed by atoms with Gasteiger partial charge in [0.05, 0.1) is 18.9 Å². The molecule has 1 N–H and O–H groups in total. The van der Waals surface area contributed by atoms with Crippen LogP contribution in [0.5, 0.6) is 5.75 Å². The summed E-state index contributed by atoms with van der Waals surface area (Å²) in [5, 5.41) is 2.38. The predicted molar refractivity (Wildman–Crippen MR) is 51.3 cm³/mol. The van der Waals surface area contributed by atoms with E-state index in [0.29, 0.717) is 31.1 Å². The zero-order valence-corrected chi connectivity index (χ0v) is 7.90. The molecule has 2 rings (SSSR count). The van der Waals surface area contributed by atoms with Crippen molar-refractivity contribution in [2.45, 2.75) is 6.10 Å². The molecule has 0 unspecified atom stereocenters. The minimum Gasteiger partial charge on any atom is -0.483 e. The van der Waals surface area contributed by atoms with E-state index in [9.17, 15) is 9.18 Å². The Labute approximate surface area is 86.0 Å². The van der Waals surface area contributed by atoms with Gasteiger partial charge in [0.1, 0.15) is 17.7 Å². The number of hydrogen-bond acceptors (Lipinski definition) is 3. The van der Waals surface area contributed by atoms with Gasteiger partial charge in [0, 0.05) is 6.07 Å². The summed E-state index contributed by atoms with van der Waals surface area (Å²) < 4.78 is 23.3. The van der Waals surface area contributed by atoms with Crippen molar-refractivity contribution in [2.75, 3.05) is 18.5 Å². The summed E-state index contributed by atoms with van der Waals surface area (Å²) in [7, 11) is 0. The van der Waals surface area contributed by atoms with Crippen molar-refractivity contribution in [2.24, 2.45) is 0 Å². The Balaban J connectivity index is 2.15. The first-order valence-corrected chi connectivity index (χ1v) is 4.54. The largest absolute Gasteiger partial charge is 0.483 e. The van der Waals surface area contributed by atoms with Crippen LogP contribution in [0, 0.1) is 5.82 Å². The van der Waals surface area contributed by atoms with Crippen molar-refractivity contribution in [1.82, 2.24) is 0 Å². The highest BCUT2D eigenvalue weighted by Gasteiger charge is 2.21. The first-order chi connectivity index (χ1) is 7.29. The lowest BCUT2D eigenvalue weighted by Gasteiger charge is -2.27. The molecule has 1 amide bonds. The Morgan fingerprint density at radius 1 is 1.53 bits per heavy atom. The Kier molecular flexibility index (Phi) is 2.82. The number of benzene rings is 1.